The Morgan fingerprint density at radius 2 is 1.77 bits per heavy atom. The lowest BCUT2D eigenvalue weighted by Gasteiger charge is -2.20. The molecule has 0 aliphatic heterocycles. The normalized spacial score (nSPS) is 12.9. The van der Waals surface area contributed by atoms with Crippen LogP contribution in [0.25, 0.3) is 10.8 Å². The Kier molecular flexibility index (Phi) is 7.20. The zero-order valence-corrected chi connectivity index (χ0v) is 17.2. The number of pyridine rings is 1. The van der Waals surface area contributed by atoms with E-state index in [4.69, 9.17) is 9.90 Å². The number of aromatic amines is 1. The predicted octanol–water partition coefficient (Wildman–Crippen LogP) is 4.74. The van der Waals surface area contributed by atoms with Crippen LogP contribution in [0.4, 0.5) is 13.2 Å². The second-order valence-corrected chi connectivity index (χ2v) is 7.88. The third-order valence-electron chi connectivity index (χ3n) is 4.40. The summed E-state index contributed by atoms with van der Waals surface area (Å²) in [6, 6.07) is 10.7. The highest BCUT2D eigenvalue weighted by atomic mass is 19.4. The van der Waals surface area contributed by atoms with E-state index in [0.29, 0.717) is 0 Å². The number of fused-ring (bicyclic) bond motifs is 1. The molecule has 0 amide bonds. The smallest absolute Gasteiger partial charge is 0.475 e. The summed E-state index contributed by atoms with van der Waals surface area (Å²) in [5, 5.41) is 20.4. The van der Waals surface area contributed by atoms with Crippen LogP contribution in [0.5, 0.6) is 0 Å². The number of halogens is 3. The van der Waals surface area contributed by atoms with Crippen molar-refractivity contribution in [2.24, 2.45) is 0 Å². The number of carbonyl (C=O) groups is 1. The highest BCUT2D eigenvalue weighted by molar-refractivity contribution is 5.81. The largest absolute Gasteiger partial charge is 0.490 e. The van der Waals surface area contributed by atoms with Crippen molar-refractivity contribution in [2.45, 2.75) is 51.9 Å². The van der Waals surface area contributed by atoms with Gasteiger partial charge >= 0.3 is 12.1 Å². The van der Waals surface area contributed by atoms with Gasteiger partial charge < -0.3 is 10.4 Å². The standard InChI is InChI=1S/C19H24N4.C2HF3O2/c1-13(17-9-14-7-5-6-8-15(14)10-21-17)20-11-16-12-22-23-18(16)19(2,3)4;3-2(4,5)1(6)7/h5-10,12-13,20H,11H2,1-4H3,(H,22,23);(H,6,7). The highest BCUT2D eigenvalue weighted by Crippen LogP contribution is 2.24. The minimum atomic E-state index is -5.08. The Morgan fingerprint density at radius 1 is 1.17 bits per heavy atom. The topological polar surface area (TPSA) is 90.9 Å². The number of aliphatic carboxylic acids is 1. The van der Waals surface area contributed by atoms with Gasteiger partial charge in [0.05, 0.1) is 11.9 Å². The van der Waals surface area contributed by atoms with Gasteiger partial charge in [-0.1, -0.05) is 45.0 Å². The molecular formula is C21H25F3N4O2. The molecule has 0 saturated heterocycles. The molecule has 3 aromatic rings. The molecule has 30 heavy (non-hydrogen) atoms. The Bertz CT molecular complexity index is 994. The molecular weight excluding hydrogens is 397 g/mol. The van der Waals surface area contributed by atoms with E-state index >= 15 is 0 Å². The maximum atomic E-state index is 10.6. The number of rotatable bonds is 4. The molecule has 0 aliphatic carbocycles. The minimum absolute atomic E-state index is 0.0674. The third kappa shape index (κ3) is 6.28. The molecule has 2 aromatic heterocycles. The van der Waals surface area contributed by atoms with Crippen LogP contribution >= 0.6 is 0 Å². The molecule has 0 spiro atoms. The maximum Gasteiger partial charge on any atom is 0.490 e. The summed E-state index contributed by atoms with van der Waals surface area (Å²) in [6.45, 7) is 9.50. The zero-order valence-electron chi connectivity index (χ0n) is 17.2. The molecule has 3 N–H and O–H groups in total. The first-order chi connectivity index (χ1) is 13.9. The van der Waals surface area contributed by atoms with Crippen LogP contribution in [0.3, 0.4) is 0 Å². The van der Waals surface area contributed by atoms with Gasteiger partial charge in [-0.2, -0.15) is 18.3 Å². The SMILES string of the molecule is CC(NCc1cn[nH]c1C(C)(C)C)c1cc2ccccc2cn1.O=C(O)C(F)(F)F. The lowest BCUT2D eigenvalue weighted by atomic mass is 9.89. The van der Waals surface area contributed by atoms with Crippen LogP contribution < -0.4 is 5.32 Å². The molecule has 0 fully saturated rings. The van der Waals surface area contributed by atoms with E-state index in [1.807, 2.05) is 18.5 Å². The molecule has 0 aliphatic rings. The molecule has 1 aromatic carbocycles. The fraction of sp³-hybridized carbons (Fsp3) is 0.381. The number of hydrogen-bond donors (Lipinski definition) is 3. The Morgan fingerprint density at radius 3 is 2.33 bits per heavy atom. The number of H-pyrrole nitrogens is 1. The number of hydrogen-bond acceptors (Lipinski definition) is 4. The van der Waals surface area contributed by atoms with Crippen molar-refractivity contribution in [3.8, 4) is 0 Å². The average Bonchev–Trinajstić information content (AvgIpc) is 3.14. The molecule has 0 radical (unpaired) electrons. The van der Waals surface area contributed by atoms with Crippen LogP contribution in [0.2, 0.25) is 0 Å². The van der Waals surface area contributed by atoms with Crippen molar-refractivity contribution in [1.82, 2.24) is 20.5 Å². The number of alkyl halides is 3. The number of aromatic nitrogens is 3. The number of nitrogens with one attached hydrogen (secondary N) is 2. The summed E-state index contributed by atoms with van der Waals surface area (Å²) in [7, 11) is 0. The number of benzene rings is 1. The van der Waals surface area contributed by atoms with Crippen molar-refractivity contribution in [1.29, 1.82) is 0 Å². The number of carboxylic acids is 1. The second-order valence-electron chi connectivity index (χ2n) is 7.88. The molecule has 0 saturated carbocycles. The minimum Gasteiger partial charge on any atom is -0.475 e. The summed E-state index contributed by atoms with van der Waals surface area (Å²) >= 11 is 0. The quantitative estimate of drug-likeness (QED) is 0.565. The average molecular weight is 422 g/mol. The van der Waals surface area contributed by atoms with Gasteiger partial charge in [0, 0.05) is 40.8 Å². The van der Waals surface area contributed by atoms with Gasteiger partial charge in [-0.15, -0.1) is 0 Å². The first-order valence-electron chi connectivity index (χ1n) is 9.30. The number of nitrogens with zero attached hydrogens (tertiary/aromatic N) is 2. The van der Waals surface area contributed by atoms with E-state index < -0.39 is 12.1 Å². The summed E-state index contributed by atoms with van der Waals surface area (Å²) in [4.78, 5) is 13.5. The Labute approximate surface area is 172 Å². The van der Waals surface area contributed by atoms with Gasteiger partial charge in [-0.05, 0) is 18.4 Å². The van der Waals surface area contributed by atoms with Gasteiger partial charge in [0.25, 0.3) is 0 Å². The van der Waals surface area contributed by atoms with E-state index in [1.165, 1.54) is 22.0 Å². The fourth-order valence-corrected chi connectivity index (χ4v) is 2.80. The molecule has 162 valence electrons. The van der Waals surface area contributed by atoms with Gasteiger partial charge in [-0.25, -0.2) is 4.79 Å². The van der Waals surface area contributed by atoms with Gasteiger partial charge in [0.2, 0.25) is 0 Å². The number of carboxylic acid groups (broad SMARTS) is 1. The van der Waals surface area contributed by atoms with Crippen molar-refractivity contribution >= 4 is 16.7 Å². The first-order valence-corrected chi connectivity index (χ1v) is 9.30. The molecule has 1 unspecified atom stereocenters. The lowest BCUT2D eigenvalue weighted by molar-refractivity contribution is -0.192. The summed E-state index contributed by atoms with van der Waals surface area (Å²) in [5.74, 6) is -2.76. The lowest BCUT2D eigenvalue weighted by Crippen LogP contribution is -2.22. The van der Waals surface area contributed by atoms with Crippen LogP contribution in [0.1, 0.15) is 50.7 Å². The molecule has 0 bridgehead atoms. The van der Waals surface area contributed by atoms with E-state index in [1.54, 1.807) is 0 Å². The van der Waals surface area contributed by atoms with Crippen molar-refractivity contribution in [3.63, 3.8) is 0 Å². The molecule has 1 atom stereocenters. The summed E-state index contributed by atoms with van der Waals surface area (Å²) in [6.07, 6.45) is -1.23. The summed E-state index contributed by atoms with van der Waals surface area (Å²) in [5.41, 5.74) is 3.52. The molecule has 2 heterocycles. The predicted molar refractivity (Wildman–Crippen MR) is 108 cm³/mol. The van der Waals surface area contributed by atoms with Gasteiger partial charge in [-0.3, -0.25) is 10.1 Å². The van der Waals surface area contributed by atoms with Crippen LogP contribution in [0, 0.1) is 0 Å². The molecule has 3 rings (SSSR count). The Hall–Kier alpha value is -2.94. The van der Waals surface area contributed by atoms with E-state index in [9.17, 15) is 13.2 Å². The highest BCUT2D eigenvalue weighted by Gasteiger charge is 2.38. The van der Waals surface area contributed by atoms with Crippen LogP contribution in [-0.4, -0.2) is 32.4 Å². The van der Waals surface area contributed by atoms with Crippen LogP contribution in [-0.2, 0) is 16.8 Å². The zero-order chi connectivity index (χ0) is 22.5. The fourth-order valence-electron chi connectivity index (χ4n) is 2.80. The molecule has 6 nitrogen and oxygen atoms in total. The van der Waals surface area contributed by atoms with Crippen molar-refractivity contribution < 1.29 is 23.1 Å². The Balaban J connectivity index is 0.000000396. The third-order valence-corrected chi connectivity index (χ3v) is 4.40. The van der Waals surface area contributed by atoms with E-state index in [0.717, 1.165) is 12.2 Å². The maximum absolute atomic E-state index is 10.6. The monoisotopic (exact) mass is 422 g/mol. The van der Waals surface area contributed by atoms with Crippen LogP contribution in [0.15, 0.2) is 42.7 Å². The molecule has 9 heteroatoms. The van der Waals surface area contributed by atoms with Gasteiger partial charge in [0.1, 0.15) is 0 Å². The van der Waals surface area contributed by atoms with Crippen molar-refractivity contribution in [2.75, 3.05) is 0 Å². The van der Waals surface area contributed by atoms with Gasteiger partial charge in [0.15, 0.2) is 0 Å². The second kappa shape index (κ2) is 9.25. The first kappa shape index (κ1) is 23.3. The van der Waals surface area contributed by atoms with E-state index in [-0.39, 0.29) is 11.5 Å². The van der Waals surface area contributed by atoms with E-state index in [2.05, 4.69) is 72.5 Å². The van der Waals surface area contributed by atoms with Crippen molar-refractivity contribution in [3.05, 3.63) is 59.7 Å². The summed E-state index contributed by atoms with van der Waals surface area (Å²) < 4.78 is 31.7.